The van der Waals surface area contributed by atoms with Gasteiger partial charge in [-0.25, -0.2) is 4.79 Å². The van der Waals surface area contributed by atoms with Crippen molar-refractivity contribution in [2.75, 3.05) is 20.3 Å². The molecule has 4 aliphatic rings. The highest BCUT2D eigenvalue weighted by molar-refractivity contribution is 5.89. The van der Waals surface area contributed by atoms with Crippen LogP contribution in [-0.4, -0.2) is 42.6 Å². The summed E-state index contributed by atoms with van der Waals surface area (Å²) in [4.78, 5) is 27.2. The van der Waals surface area contributed by atoms with Gasteiger partial charge in [0.1, 0.15) is 5.75 Å². The predicted molar refractivity (Wildman–Crippen MR) is 116 cm³/mol. The molecule has 0 saturated heterocycles. The summed E-state index contributed by atoms with van der Waals surface area (Å²) in [7, 11) is 1.60. The minimum Gasteiger partial charge on any atom is -0.497 e. The van der Waals surface area contributed by atoms with E-state index in [1.165, 1.54) is 25.3 Å². The number of rotatable bonds is 8. The Morgan fingerprint density at radius 2 is 1.74 bits per heavy atom. The SMILES string of the molecule is COc1ccc(/C=C/C(=O)OCC(=O)N(CCC#N)C23CC4CC(CC(C4)C2)C3)cc1. The van der Waals surface area contributed by atoms with E-state index in [1.54, 1.807) is 13.2 Å². The van der Waals surface area contributed by atoms with Crippen LogP contribution >= 0.6 is 0 Å². The molecule has 0 aliphatic heterocycles. The normalized spacial score (nSPS) is 28.3. The van der Waals surface area contributed by atoms with Crippen LogP contribution in [0, 0.1) is 29.1 Å². The summed E-state index contributed by atoms with van der Waals surface area (Å²) in [5.41, 5.74) is 0.696. The molecule has 4 fully saturated rings. The number of esters is 1. The van der Waals surface area contributed by atoms with E-state index in [0.29, 0.717) is 30.7 Å². The standard InChI is InChI=1S/C25H30N2O4/c1-30-22-6-3-18(4-7-22)5-8-24(29)31-17-23(28)27(10-2-9-26)25-14-19-11-20(15-25)13-21(12-19)16-25/h3-8,19-21H,2,10-17H2,1H3/b8-5+. The highest BCUT2D eigenvalue weighted by Crippen LogP contribution is 2.57. The number of hydrogen-bond donors (Lipinski definition) is 0. The van der Waals surface area contributed by atoms with E-state index in [0.717, 1.165) is 30.6 Å². The third kappa shape index (κ3) is 4.76. The molecule has 0 atom stereocenters. The molecule has 6 nitrogen and oxygen atoms in total. The number of ether oxygens (including phenoxy) is 2. The van der Waals surface area contributed by atoms with Crippen molar-refractivity contribution in [3.05, 3.63) is 35.9 Å². The summed E-state index contributed by atoms with van der Waals surface area (Å²) < 4.78 is 10.4. The molecule has 0 radical (unpaired) electrons. The number of nitriles is 1. The van der Waals surface area contributed by atoms with Gasteiger partial charge in [-0.1, -0.05) is 12.1 Å². The molecular formula is C25H30N2O4. The number of methoxy groups -OCH3 is 1. The predicted octanol–water partition coefficient (Wildman–Crippen LogP) is 3.96. The molecule has 0 unspecified atom stereocenters. The molecule has 0 N–H and O–H groups in total. The Balaban J connectivity index is 1.37. The van der Waals surface area contributed by atoms with Gasteiger partial charge >= 0.3 is 5.97 Å². The van der Waals surface area contributed by atoms with E-state index in [-0.39, 0.29) is 18.1 Å². The molecule has 1 aromatic rings. The monoisotopic (exact) mass is 422 g/mol. The minimum atomic E-state index is -0.546. The van der Waals surface area contributed by atoms with Crippen LogP contribution < -0.4 is 4.74 Å². The topological polar surface area (TPSA) is 79.6 Å². The summed E-state index contributed by atoms with van der Waals surface area (Å²) in [5, 5.41) is 9.12. The average molecular weight is 423 g/mol. The van der Waals surface area contributed by atoms with Crippen LogP contribution in [-0.2, 0) is 14.3 Å². The molecule has 1 amide bonds. The molecule has 6 heteroatoms. The summed E-state index contributed by atoms with van der Waals surface area (Å²) in [6, 6.07) is 9.48. The third-order valence-electron chi connectivity index (χ3n) is 7.19. The molecule has 1 aromatic carbocycles. The molecule has 0 spiro atoms. The fourth-order valence-electron chi connectivity index (χ4n) is 6.32. The smallest absolute Gasteiger partial charge is 0.331 e. The van der Waals surface area contributed by atoms with E-state index in [9.17, 15) is 9.59 Å². The first kappa shape index (κ1) is 21.4. The van der Waals surface area contributed by atoms with E-state index < -0.39 is 5.97 Å². The van der Waals surface area contributed by atoms with E-state index in [4.69, 9.17) is 14.7 Å². The van der Waals surface area contributed by atoms with Gasteiger partial charge in [-0.15, -0.1) is 0 Å². The van der Waals surface area contributed by atoms with Crippen LogP contribution in [0.5, 0.6) is 5.75 Å². The molecule has 4 aliphatic carbocycles. The van der Waals surface area contributed by atoms with Gasteiger partial charge in [0.15, 0.2) is 6.61 Å². The quantitative estimate of drug-likeness (QED) is 0.468. The fourth-order valence-corrected chi connectivity index (χ4v) is 6.32. The third-order valence-corrected chi connectivity index (χ3v) is 7.19. The Labute approximate surface area is 183 Å². The Morgan fingerprint density at radius 3 is 2.29 bits per heavy atom. The molecule has 31 heavy (non-hydrogen) atoms. The lowest BCUT2D eigenvalue weighted by Crippen LogP contribution is -2.62. The van der Waals surface area contributed by atoms with Gasteiger partial charge in [-0.2, -0.15) is 5.26 Å². The number of carbonyl (C=O) groups excluding carboxylic acids is 2. The first-order chi connectivity index (χ1) is 15.0. The van der Waals surface area contributed by atoms with Crippen LogP contribution in [0.2, 0.25) is 0 Å². The van der Waals surface area contributed by atoms with Gasteiger partial charge in [0.05, 0.1) is 19.6 Å². The maximum Gasteiger partial charge on any atom is 0.331 e. The van der Waals surface area contributed by atoms with Crippen LogP contribution in [0.3, 0.4) is 0 Å². The molecule has 164 valence electrons. The van der Waals surface area contributed by atoms with Crippen molar-refractivity contribution in [1.29, 1.82) is 5.26 Å². The van der Waals surface area contributed by atoms with E-state index in [2.05, 4.69) is 6.07 Å². The number of hydrogen-bond acceptors (Lipinski definition) is 5. The van der Waals surface area contributed by atoms with Gasteiger partial charge in [0.25, 0.3) is 5.91 Å². The Hall–Kier alpha value is -2.81. The molecule has 5 rings (SSSR count). The van der Waals surface area contributed by atoms with Crippen molar-refractivity contribution in [3.8, 4) is 11.8 Å². The van der Waals surface area contributed by atoms with Crippen molar-refractivity contribution >= 4 is 18.0 Å². The van der Waals surface area contributed by atoms with Crippen molar-refractivity contribution in [1.82, 2.24) is 4.90 Å². The second kappa shape index (κ2) is 9.13. The summed E-state index contributed by atoms with van der Waals surface area (Å²) >= 11 is 0. The van der Waals surface area contributed by atoms with Crippen molar-refractivity contribution in [2.45, 2.75) is 50.5 Å². The zero-order chi connectivity index (χ0) is 21.8. The Bertz CT molecular complexity index is 848. The molecular weight excluding hydrogens is 392 g/mol. The zero-order valence-corrected chi connectivity index (χ0v) is 18.1. The molecule has 4 bridgehead atoms. The first-order valence-corrected chi connectivity index (χ1v) is 11.2. The lowest BCUT2D eigenvalue weighted by Gasteiger charge is -2.60. The van der Waals surface area contributed by atoms with E-state index in [1.807, 2.05) is 29.2 Å². The number of carbonyl (C=O) groups is 2. The van der Waals surface area contributed by atoms with Gasteiger partial charge in [0, 0.05) is 18.2 Å². The second-order valence-corrected chi connectivity index (χ2v) is 9.31. The van der Waals surface area contributed by atoms with Gasteiger partial charge in [0.2, 0.25) is 0 Å². The van der Waals surface area contributed by atoms with Crippen LogP contribution in [0.15, 0.2) is 30.3 Å². The molecule has 0 aromatic heterocycles. The summed E-state index contributed by atoms with van der Waals surface area (Å²) in [6.07, 6.45) is 10.2. The fraction of sp³-hybridized carbons (Fsp3) is 0.560. The highest BCUT2D eigenvalue weighted by atomic mass is 16.5. The van der Waals surface area contributed by atoms with E-state index >= 15 is 0 Å². The number of benzene rings is 1. The summed E-state index contributed by atoms with van der Waals surface area (Å²) in [6.45, 7) is 0.139. The van der Waals surface area contributed by atoms with Gasteiger partial charge in [-0.05, 0) is 80.1 Å². The number of nitrogens with zero attached hydrogens (tertiary/aromatic N) is 2. The Morgan fingerprint density at radius 1 is 1.13 bits per heavy atom. The molecule has 4 saturated carbocycles. The van der Waals surface area contributed by atoms with Crippen LogP contribution in [0.1, 0.15) is 50.5 Å². The van der Waals surface area contributed by atoms with Crippen molar-refractivity contribution in [2.24, 2.45) is 17.8 Å². The van der Waals surface area contributed by atoms with Gasteiger partial charge < -0.3 is 14.4 Å². The zero-order valence-electron chi connectivity index (χ0n) is 18.1. The lowest BCUT2D eigenvalue weighted by atomic mass is 9.52. The average Bonchev–Trinajstić information content (AvgIpc) is 2.75. The lowest BCUT2D eigenvalue weighted by molar-refractivity contribution is -0.160. The number of amides is 1. The van der Waals surface area contributed by atoms with Gasteiger partial charge in [-0.3, -0.25) is 4.79 Å². The molecule has 0 heterocycles. The van der Waals surface area contributed by atoms with Crippen molar-refractivity contribution in [3.63, 3.8) is 0 Å². The van der Waals surface area contributed by atoms with Crippen molar-refractivity contribution < 1.29 is 19.1 Å². The second-order valence-electron chi connectivity index (χ2n) is 9.31. The van der Waals surface area contributed by atoms with Crippen LogP contribution in [0.25, 0.3) is 6.08 Å². The maximum absolute atomic E-state index is 13.1. The van der Waals surface area contributed by atoms with Crippen LogP contribution in [0.4, 0.5) is 0 Å². The minimum absolute atomic E-state index is 0.145. The summed E-state index contributed by atoms with van der Waals surface area (Å²) in [5.74, 6) is 2.10. The first-order valence-electron chi connectivity index (χ1n) is 11.2. The largest absolute Gasteiger partial charge is 0.497 e. The Kier molecular flexibility index (Phi) is 6.31. The maximum atomic E-state index is 13.1. The highest BCUT2D eigenvalue weighted by Gasteiger charge is 2.54.